The van der Waals surface area contributed by atoms with Gasteiger partial charge >= 0.3 is 0 Å². The summed E-state index contributed by atoms with van der Waals surface area (Å²) in [4.78, 5) is 23.9. The molecule has 0 aliphatic rings. The zero-order chi connectivity index (χ0) is 18.2. The summed E-state index contributed by atoms with van der Waals surface area (Å²) >= 11 is 0. The summed E-state index contributed by atoms with van der Waals surface area (Å²) in [7, 11) is 0. The number of carbonyl (C=O) groups is 2. The van der Waals surface area contributed by atoms with E-state index in [9.17, 15) is 9.59 Å². The number of Topliss-reactive ketones (excluding diaryl/α,β-unsaturated/α-hetero) is 1. The summed E-state index contributed by atoms with van der Waals surface area (Å²) in [6.07, 6.45) is 4.83. The van der Waals surface area contributed by atoms with Gasteiger partial charge < -0.3 is 5.32 Å². The molecule has 0 saturated carbocycles. The highest BCUT2D eigenvalue weighted by molar-refractivity contribution is 5.97. The molecule has 0 aliphatic carbocycles. The van der Waals surface area contributed by atoms with Crippen molar-refractivity contribution in [3.05, 3.63) is 84.2 Å². The van der Waals surface area contributed by atoms with Crippen LogP contribution in [0.4, 0.5) is 0 Å². The first-order valence-corrected chi connectivity index (χ1v) is 8.66. The van der Waals surface area contributed by atoms with Gasteiger partial charge in [-0.05, 0) is 30.2 Å². The molecule has 5 nitrogen and oxygen atoms in total. The van der Waals surface area contributed by atoms with E-state index >= 15 is 0 Å². The fourth-order valence-electron chi connectivity index (χ4n) is 2.67. The smallest absolute Gasteiger partial charge is 0.220 e. The number of ketones is 1. The third-order valence-electron chi connectivity index (χ3n) is 4.12. The Morgan fingerprint density at radius 2 is 1.69 bits per heavy atom. The van der Waals surface area contributed by atoms with Crippen LogP contribution in [0.1, 0.15) is 28.8 Å². The van der Waals surface area contributed by atoms with Gasteiger partial charge in [0.2, 0.25) is 5.91 Å². The maximum absolute atomic E-state index is 12.0. The van der Waals surface area contributed by atoms with Crippen molar-refractivity contribution in [2.45, 2.75) is 19.3 Å². The molecule has 3 rings (SSSR count). The zero-order valence-corrected chi connectivity index (χ0v) is 14.5. The average molecular weight is 347 g/mol. The lowest BCUT2D eigenvalue weighted by Gasteiger charge is -2.07. The largest absolute Gasteiger partial charge is 0.356 e. The minimum atomic E-state index is -0.0950. The van der Waals surface area contributed by atoms with Crippen LogP contribution >= 0.6 is 0 Å². The highest BCUT2D eigenvalue weighted by atomic mass is 16.2. The Morgan fingerprint density at radius 1 is 0.923 bits per heavy atom. The van der Waals surface area contributed by atoms with Gasteiger partial charge in [-0.25, -0.2) is 4.68 Å². The van der Waals surface area contributed by atoms with Crippen molar-refractivity contribution < 1.29 is 9.59 Å². The van der Waals surface area contributed by atoms with Crippen molar-refractivity contribution in [1.82, 2.24) is 15.1 Å². The SMILES string of the molecule is O=C(CCC(=O)c1ccccc1)NCCc1ccc(-n2cccn2)cc1. The van der Waals surface area contributed by atoms with E-state index in [0.29, 0.717) is 12.1 Å². The molecule has 0 unspecified atom stereocenters. The molecular weight excluding hydrogens is 326 g/mol. The van der Waals surface area contributed by atoms with Gasteiger partial charge in [-0.15, -0.1) is 0 Å². The predicted molar refractivity (Wildman–Crippen MR) is 100 cm³/mol. The lowest BCUT2D eigenvalue weighted by atomic mass is 10.1. The second-order valence-electron chi connectivity index (χ2n) is 6.01. The van der Waals surface area contributed by atoms with Crippen LogP contribution in [0.15, 0.2) is 73.1 Å². The van der Waals surface area contributed by atoms with Crippen LogP contribution in [0.2, 0.25) is 0 Å². The number of rotatable bonds is 8. The molecule has 0 saturated heterocycles. The highest BCUT2D eigenvalue weighted by Gasteiger charge is 2.08. The fraction of sp³-hybridized carbons (Fsp3) is 0.190. The van der Waals surface area contributed by atoms with Crippen molar-refractivity contribution in [3.63, 3.8) is 0 Å². The topological polar surface area (TPSA) is 64.0 Å². The third kappa shape index (κ3) is 4.89. The van der Waals surface area contributed by atoms with Crippen molar-refractivity contribution in [3.8, 4) is 5.69 Å². The lowest BCUT2D eigenvalue weighted by Crippen LogP contribution is -2.26. The summed E-state index contributed by atoms with van der Waals surface area (Å²) in [5.41, 5.74) is 2.79. The lowest BCUT2D eigenvalue weighted by molar-refractivity contribution is -0.121. The Morgan fingerprint density at radius 3 is 2.38 bits per heavy atom. The molecule has 0 spiro atoms. The van der Waals surface area contributed by atoms with Crippen LogP contribution in [0.5, 0.6) is 0 Å². The number of carbonyl (C=O) groups excluding carboxylic acids is 2. The molecule has 0 aliphatic heterocycles. The maximum Gasteiger partial charge on any atom is 0.220 e. The maximum atomic E-state index is 12.0. The number of nitrogens with one attached hydrogen (secondary N) is 1. The monoisotopic (exact) mass is 347 g/mol. The molecular formula is C21H21N3O2. The normalized spacial score (nSPS) is 10.5. The van der Waals surface area contributed by atoms with E-state index in [1.54, 1.807) is 23.0 Å². The Hall–Kier alpha value is -3.21. The molecule has 1 heterocycles. The summed E-state index contributed by atoms with van der Waals surface area (Å²) in [6.45, 7) is 0.555. The van der Waals surface area contributed by atoms with E-state index < -0.39 is 0 Å². The molecule has 1 N–H and O–H groups in total. The Kier molecular flexibility index (Phi) is 5.93. The first-order chi connectivity index (χ1) is 12.7. The van der Waals surface area contributed by atoms with E-state index in [4.69, 9.17) is 0 Å². The second-order valence-corrected chi connectivity index (χ2v) is 6.01. The number of nitrogens with zero attached hydrogens (tertiary/aromatic N) is 2. The highest BCUT2D eigenvalue weighted by Crippen LogP contribution is 2.09. The molecule has 26 heavy (non-hydrogen) atoms. The number of hydrogen-bond acceptors (Lipinski definition) is 3. The number of aromatic nitrogens is 2. The van der Waals surface area contributed by atoms with Gasteiger partial charge in [0.25, 0.3) is 0 Å². The van der Waals surface area contributed by atoms with Crippen LogP contribution in [-0.4, -0.2) is 28.0 Å². The first kappa shape index (κ1) is 17.6. The summed E-state index contributed by atoms with van der Waals surface area (Å²) < 4.78 is 1.80. The zero-order valence-electron chi connectivity index (χ0n) is 14.5. The minimum absolute atomic E-state index is 0.00467. The quantitative estimate of drug-likeness (QED) is 0.637. The molecule has 2 aromatic carbocycles. The molecule has 132 valence electrons. The predicted octanol–water partition coefficient (Wildman–Crippen LogP) is 3.19. The number of hydrogen-bond donors (Lipinski definition) is 1. The molecule has 1 aromatic heterocycles. The Balaban J connectivity index is 1.39. The third-order valence-corrected chi connectivity index (χ3v) is 4.12. The Labute approximate surface area is 152 Å². The van der Waals surface area contributed by atoms with Gasteiger partial charge in [-0.3, -0.25) is 9.59 Å². The van der Waals surface area contributed by atoms with Crippen molar-refractivity contribution in [2.75, 3.05) is 6.54 Å². The van der Waals surface area contributed by atoms with Crippen LogP contribution in [-0.2, 0) is 11.2 Å². The van der Waals surface area contributed by atoms with E-state index in [2.05, 4.69) is 10.4 Å². The minimum Gasteiger partial charge on any atom is -0.356 e. The van der Waals surface area contributed by atoms with E-state index in [1.807, 2.05) is 54.7 Å². The molecule has 0 fully saturated rings. The van der Waals surface area contributed by atoms with Gasteiger partial charge in [-0.2, -0.15) is 5.10 Å². The molecule has 0 radical (unpaired) electrons. The molecule has 0 atom stereocenters. The van der Waals surface area contributed by atoms with Gasteiger partial charge in [0.05, 0.1) is 5.69 Å². The number of amides is 1. The van der Waals surface area contributed by atoms with Gasteiger partial charge in [0, 0.05) is 37.3 Å². The van der Waals surface area contributed by atoms with Crippen LogP contribution in [0, 0.1) is 0 Å². The van der Waals surface area contributed by atoms with Crippen molar-refractivity contribution in [1.29, 1.82) is 0 Å². The second kappa shape index (κ2) is 8.76. The first-order valence-electron chi connectivity index (χ1n) is 8.66. The summed E-state index contributed by atoms with van der Waals surface area (Å²) in [5.74, 6) is -0.0996. The Bertz CT molecular complexity index is 841. The van der Waals surface area contributed by atoms with Crippen molar-refractivity contribution in [2.24, 2.45) is 0 Å². The molecule has 3 aromatic rings. The average Bonchev–Trinajstić information content (AvgIpc) is 3.22. The summed E-state index contributed by atoms with van der Waals surface area (Å²) in [5, 5.41) is 7.06. The van der Waals surface area contributed by atoms with Gasteiger partial charge in [0.15, 0.2) is 5.78 Å². The van der Waals surface area contributed by atoms with Crippen LogP contribution in [0.3, 0.4) is 0 Å². The fourth-order valence-corrected chi connectivity index (χ4v) is 2.67. The van der Waals surface area contributed by atoms with E-state index in [0.717, 1.165) is 17.7 Å². The molecule has 1 amide bonds. The van der Waals surface area contributed by atoms with Gasteiger partial charge in [0.1, 0.15) is 0 Å². The standard InChI is InChI=1S/C21H21N3O2/c25-20(18-5-2-1-3-6-18)11-12-21(26)22-15-13-17-7-9-19(10-8-17)24-16-4-14-23-24/h1-10,14,16H,11-13,15H2,(H,22,26). The number of benzene rings is 2. The van der Waals surface area contributed by atoms with E-state index in [-0.39, 0.29) is 24.5 Å². The molecule has 0 bridgehead atoms. The summed E-state index contributed by atoms with van der Waals surface area (Å²) in [6, 6.07) is 19.0. The van der Waals surface area contributed by atoms with Gasteiger partial charge in [-0.1, -0.05) is 42.5 Å². The van der Waals surface area contributed by atoms with E-state index in [1.165, 1.54) is 0 Å². The van der Waals surface area contributed by atoms with Crippen LogP contribution < -0.4 is 5.32 Å². The van der Waals surface area contributed by atoms with Crippen LogP contribution in [0.25, 0.3) is 5.69 Å². The molecule has 5 heteroatoms. The van der Waals surface area contributed by atoms with Crippen molar-refractivity contribution >= 4 is 11.7 Å².